The van der Waals surface area contributed by atoms with E-state index < -0.39 is 0 Å². The maximum absolute atomic E-state index is 4.41. The Morgan fingerprint density at radius 2 is 1.84 bits per heavy atom. The van der Waals surface area contributed by atoms with Gasteiger partial charge in [-0.05, 0) is 50.0 Å². The van der Waals surface area contributed by atoms with Gasteiger partial charge in [0, 0.05) is 19.6 Å². The summed E-state index contributed by atoms with van der Waals surface area (Å²) >= 11 is 0. The van der Waals surface area contributed by atoms with Crippen LogP contribution >= 0.6 is 0 Å². The first-order valence-corrected chi connectivity index (χ1v) is 7.79. The van der Waals surface area contributed by atoms with Gasteiger partial charge >= 0.3 is 0 Å². The molecule has 0 aromatic carbocycles. The minimum absolute atomic E-state index is 0.936. The van der Waals surface area contributed by atoms with Crippen molar-refractivity contribution in [2.24, 2.45) is 11.8 Å². The van der Waals surface area contributed by atoms with Crippen LogP contribution in [0.2, 0.25) is 0 Å². The van der Waals surface area contributed by atoms with Crippen molar-refractivity contribution in [3.8, 4) is 0 Å². The number of aromatic nitrogens is 1. The van der Waals surface area contributed by atoms with Crippen LogP contribution < -0.4 is 10.2 Å². The predicted octanol–water partition coefficient (Wildman–Crippen LogP) is 3.53. The highest BCUT2D eigenvalue weighted by molar-refractivity contribution is 5.55. The number of pyridine rings is 1. The fourth-order valence-corrected chi connectivity index (χ4v) is 2.48. The van der Waals surface area contributed by atoms with Gasteiger partial charge in [-0.15, -0.1) is 0 Å². The molecule has 1 aromatic rings. The number of hydrogen-bond donors (Lipinski definition) is 1. The first kappa shape index (κ1) is 12.8. The molecule has 0 spiro atoms. The normalized spacial score (nSPS) is 18.4. The minimum Gasteiger partial charge on any atom is -0.384 e. The molecule has 2 fully saturated rings. The van der Waals surface area contributed by atoms with E-state index in [4.69, 9.17) is 0 Å². The van der Waals surface area contributed by atoms with E-state index in [0.717, 1.165) is 30.5 Å². The Morgan fingerprint density at radius 3 is 2.42 bits per heavy atom. The molecule has 0 atom stereocenters. The third kappa shape index (κ3) is 3.85. The van der Waals surface area contributed by atoms with E-state index in [-0.39, 0.29) is 0 Å². The molecule has 0 bridgehead atoms. The van der Waals surface area contributed by atoms with Crippen molar-refractivity contribution in [2.45, 2.75) is 39.0 Å². The molecule has 0 aliphatic heterocycles. The van der Waals surface area contributed by atoms with E-state index in [2.05, 4.69) is 28.2 Å². The molecule has 2 aliphatic rings. The van der Waals surface area contributed by atoms with Crippen LogP contribution in [0.4, 0.5) is 11.4 Å². The van der Waals surface area contributed by atoms with Crippen molar-refractivity contribution in [2.75, 3.05) is 29.9 Å². The largest absolute Gasteiger partial charge is 0.384 e. The Labute approximate surface area is 116 Å². The average molecular weight is 259 g/mol. The van der Waals surface area contributed by atoms with E-state index in [1.165, 1.54) is 44.5 Å². The fraction of sp³-hybridized carbons (Fsp3) is 0.688. The summed E-state index contributed by atoms with van der Waals surface area (Å²) in [6.07, 6.45) is 10.8. The maximum atomic E-state index is 4.41. The number of rotatable bonds is 8. The van der Waals surface area contributed by atoms with Gasteiger partial charge in [-0.2, -0.15) is 0 Å². The molecule has 3 heteroatoms. The molecule has 2 saturated carbocycles. The summed E-state index contributed by atoms with van der Waals surface area (Å²) in [4.78, 5) is 6.98. The summed E-state index contributed by atoms with van der Waals surface area (Å²) in [5.41, 5.74) is 2.47. The van der Waals surface area contributed by atoms with Crippen molar-refractivity contribution in [3.05, 3.63) is 18.5 Å². The first-order valence-electron chi connectivity index (χ1n) is 7.79. The van der Waals surface area contributed by atoms with Crippen LogP contribution in [-0.4, -0.2) is 24.6 Å². The van der Waals surface area contributed by atoms with Crippen LogP contribution in [0.15, 0.2) is 18.5 Å². The lowest BCUT2D eigenvalue weighted by Crippen LogP contribution is -2.28. The summed E-state index contributed by atoms with van der Waals surface area (Å²) in [5, 5.41) is 3.44. The second kappa shape index (κ2) is 5.81. The average Bonchev–Trinajstić information content (AvgIpc) is 3.31. The Kier molecular flexibility index (Phi) is 3.90. The van der Waals surface area contributed by atoms with Crippen molar-refractivity contribution < 1.29 is 0 Å². The first-order chi connectivity index (χ1) is 9.35. The molecule has 1 heterocycles. The fourth-order valence-electron chi connectivity index (χ4n) is 2.48. The minimum atomic E-state index is 0.936. The molecule has 0 radical (unpaired) electrons. The lowest BCUT2D eigenvalue weighted by atomic mass is 10.2. The predicted molar refractivity (Wildman–Crippen MR) is 80.7 cm³/mol. The molecule has 0 saturated heterocycles. The third-order valence-electron chi connectivity index (χ3n) is 4.02. The van der Waals surface area contributed by atoms with E-state index in [1.807, 2.05) is 12.4 Å². The van der Waals surface area contributed by atoms with Crippen LogP contribution in [0.3, 0.4) is 0 Å². The van der Waals surface area contributed by atoms with E-state index in [0.29, 0.717) is 0 Å². The van der Waals surface area contributed by atoms with Gasteiger partial charge in [-0.3, -0.25) is 4.98 Å². The van der Waals surface area contributed by atoms with Gasteiger partial charge in [0.1, 0.15) is 0 Å². The number of nitrogens with one attached hydrogen (secondary N) is 1. The lowest BCUT2D eigenvalue weighted by molar-refractivity contribution is 0.678. The molecular formula is C16H25N3. The Morgan fingerprint density at radius 1 is 1.16 bits per heavy atom. The van der Waals surface area contributed by atoms with Gasteiger partial charge in [0.2, 0.25) is 0 Å². The highest BCUT2D eigenvalue weighted by Gasteiger charge is 2.29. The van der Waals surface area contributed by atoms with Crippen LogP contribution in [0.25, 0.3) is 0 Å². The van der Waals surface area contributed by atoms with Gasteiger partial charge in [0.15, 0.2) is 0 Å². The smallest absolute Gasteiger partial charge is 0.0573 e. The monoisotopic (exact) mass is 259 g/mol. The SMILES string of the molecule is CCCNc1cncc(N(CC2CC2)CC2CC2)c1. The van der Waals surface area contributed by atoms with Crippen molar-refractivity contribution in [1.82, 2.24) is 4.98 Å². The topological polar surface area (TPSA) is 28.2 Å². The Bertz CT molecular complexity index is 396. The summed E-state index contributed by atoms with van der Waals surface area (Å²) in [7, 11) is 0. The number of hydrogen-bond acceptors (Lipinski definition) is 3. The van der Waals surface area contributed by atoms with Gasteiger partial charge in [0.25, 0.3) is 0 Å². The highest BCUT2D eigenvalue weighted by Crippen LogP contribution is 2.35. The quantitative estimate of drug-likeness (QED) is 0.774. The molecule has 0 amide bonds. The summed E-state index contributed by atoms with van der Waals surface area (Å²) < 4.78 is 0. The van der Waals surface area contributed by atoms with E-state index >= 15 is 0 Å². The van der Waals surface area contributed by atoms with Gasteiger partial charge in [-0.1, -0.05) is 6.92 Å². The molecular weight excluding hydrogens is 234 g/mol. The zero-order chi connectivity index (χ0) is 13.1. The van der Waals surface area contributed by atoms with Crippen LogP contribution in [0.5, 0.6) is 0 Å². The molecule has 1 N–H and O–H groups in total. The van der Waals surface area contributed by atoms with E-state index in [1.54, 1.807) is 0 Å². The Balaban J connectivity index is 1.67. The molecule has 3 nitrogen and oxygen atoms in total. The zero-order valence-electron chi connectivity index (χ0n) is 11.9. The molecule has 2 aliphatic carbocycles. The van der Waals surface area contributed by atoms with Crippen molar-refractivity contribution in [1.29, 1.82) is 0 Å². The third-order valence-corrected chi connectivity index (χ3v) is 4.02. The second-order valence-electron chi connectivity index (χ2n) is 6.15. The van der Waals surface area contributed by atoms with Crippen LogP contribution in [0, 0.1) is 11.8 Å². The summed E-state index contributed by atoms with van der Waals surface area (Å²) in [6, 6.07) is 2.27. The second-order valence-corrected chi connectivity index (χ2v) is 6.15. The molecule has 3 rings (SSSR count). The van der Waals surface area contributed by atoms with Gasteiger partial charge < -0.3 is 10.2 Å². The number of anilines is 2. The lowest BCUT2D eigenvalue weighted by Gasteiger charge is -2.25. The highest BCUT2D eigenvalue weighted by atomic mass is 15.1. The maximum Gasteiger partial charge on any atom is 0.0573 e. The zero-order valence-corrected chi connectivity index (χ0v) is 11.9. The van der Waals surface area contributed by atoms with Crippen molar-refractivity contribution in [3.63, 3.8) is 0 Å². The summed E-state index contributed by atoms with van der Waals surface area (Å²) in [5.74, 6) is 1.87. The number of nitrogens with zero attached hydrogens (tertiary/aromatic N) is 2. The van der Waals surface area contributed by atoms with Gasteiger partial charge in [0.05, 0.1) is 23.8 Å². The molecule has 104 valence electrons. The van der Waals surface area contributed by atoms with Crippen molar-refractivity contribution >= 4 is 11.4 Å². The van der Waals surface area contributed by atoms with Crippen LogP contribution in [-0.2, 0) is 0 Å². The van der Waals surface area contributed by atoms with E-state index in [9.17, 15) is 0 Å². The summed E-state index contributed by atoms with van der Waals surface area (Å²) in [6.45, 7) is 5.68. The molecule has 19 heavy (non-hydrogen) atoms. The van der Waals surface area contributed by atoms with Gasteiger partial charge in [-0.25, -0.2) is 0 Å². The standard InChI is InChI=1S/C16H25N3/c1-2-7-18-15-8-16(10-17-9-15)19(11-13-3-4-13)12-14-5-6-14/h8-10,13-14,18H,2-7,11-12H2,1H3. The Hall–Kier alpha value is -1.25. The molecule has 1 aromatic heterocycles. The van der Waals surface area contributed by atoms with Crippen LogP contribution in [0.1, 0.15) is 39.0 Å². The molecule has 0 unspecified atom stereocenters.